The molecule has 0 spiro atoms. The smallest absolute Gasteiger partial charge is 0.322 e. The van der Waals surface area contributed by atoms with Crippen LogP contribution in [-0.4, -0.2) is 29.7 Å². The van der Waals surface area contributed by atoms with Gasteiger partial charge >= 0.3 is 6.03 Å². The number of amides is 2. The predicted molar refractivity (Wildman–Crippen MR) is 91.3 cm³/mol. The number of benzene rings is 1. The zero-order chi connectivity index (χ0) is 17.1. The Balaban J connectivity index is 1.79. The lowest BCUT2D eigenvalue weighted by Crippen LogP contribution is -2.34. The maximum absolute atomic E-state index is 12.8. The Morgan fingerprint density at radius 2 is 2.33 bits per heavy atom. The summed E-state index contributed by atoms with van der Waals surface area (Å²) >= 11 is 0. The van der Waals surface area contributed by atoms with E-state index >= 15 is 0 Å². The average molecular weight is 329 g/mol. The lowest BCUT2D eigenvalue weighted by Gasteiger charge is -2.25. The van der Waals surface area contributed by atoms with Crippen LogP contribution in [0.25, 0.3) is 0 Å². The largest absolute Gasteiger partial charge is 0.497 e. The number of methoxy groups -OCH3 is 1. The van der Waals surface area contributed by atoms with Gasteiger partial charge in [-0.2, -0.15) is 0 Å². The van der Waals surface area contributed by atoms with Crippen molar-refractivity contribution in [2.75, 3.05) is 19.0 Å². The van der Waals surface area contributed by atoms with Gasteiger partial charge in [0.15, 0.2) is 0 Å². The van der Waals surface area contributed by atoms with Crippen molar-refractivity contribution in [2.24, 2.45) is 0 Å². The van der Waals surface area contributed by atoms with Crippen LogP contribution in [0.1, 0.15) is 42.8 Å². The van der Waals surface area contributed by atoms with Crippen molar-refractivity contribution in [3.8, 4) is 5.75 Å². The molecule has 0 radical (unpaired) electrons. The molecule has 6 heteroatoms. The first kappa shape index (κ1) is 16.4. The van der Waals surface area contributed by atoms with E-state index in [9.17, 15) is 4.79 Å². The summed E-state index contributed by atoms with van der Waals surface area (Å²) in [6.07, 6.45) is 2.68. The second kappa shape index (κ2) is 6.95. The number of carbonyl (C=O) groups excluding carboxylic acids is 1. The molecule has 1 aliphatic rings. The molecule has 6 nitrogen and oxygen atoms in total. The lowest BCUT2D eigenvalue weighted by atomic mass is 10.0. The minimum Gasteiger partial charge on any atom is -0.497 e. The third-order valence-electron chi connectivity index (χ3n) is 4.47. The number of carbonyl (C=O) groups is 1. The van der Waals surface area contributed by atoms with E-state index in [1.54, 1.807) is 7.11 Å². The highest BCUT2D eigenvalue weighted by Gasteiger charge is 2.34. The summed E-state index contributed by atoms with van der Waals surface area (Å²) < 4.78 is 10.6. The number of ether oxygens (including phenoxy) is 1. The van der Waals surface area contributed by atoms with Gasteiger partial charge in [-0.25, -0.2) is 4.79 Å². The molecule has 1 saturated heterocycles. The molecule has 128 valence electrons. The van der Waals surface area contributed by atoms with Crippen LogP contribution in [-0.2, 0) is 6.42 Å². The molecule has 1 aromatic heterocycles. The minimum atomic E-state index is -0.103. The van der Waals surface area contributed by atoms with E-state index in [1.165, 1.54) is 0 Å². The number of hydrogen-bond acceptors (Lipinski definition) is 4. The van der Waals surface area contributed by atoms with E-state index in [1.807, 2.05) is 43.0 Å². The van der Waals surface area contributed by atoms with E-state index < -0.39 is 0 Å². The fourth-order valence-corrected chi connectivity index (χ4v) is 3.31. The van der Waals surface area contributed by atoms with Crippen LogP contribution in [0.15, 0.2) is 28.8 Å². The van der Waals surface area contributed by atoms with Gasteiger partial charge in [0.1, 0.15) is 11.5 Å². The first-order valence-corrected chi connectivity index (χ1v) is 8.30. The highest BCUT2D eigenvalue weighted by atomic mass is 16.5. The first-order valence-electron chi connectivity index (χ1n) is 8.30. The van der Waals surface area contributed by atoms with Crippen LogP contribution >= 0.6 is 0 Å². The van der Waals surface area contributed by atoms with Crippen molar-refractivity contribution in [1.82, 2.24) is 10.1 Å². The van der Waals surface area contributed by atoms with Gasteiger partial charge in [0, 0.05) is 30.3 Å². The fourth-order valence-electron chi connectivity index (χ4n) is 3.31. The molecule has 0 bridgehead atoms. The topological polar surface area (TPSA) is 67.6 Å². The SMILES string of the molecule is CCc1onc(C)c1[C@H]1CCCN1C(=O)Nc1cccc(OC)c1. The molecule has 2 amide bonds. The molecule has 0 unspecified atom stereocenters. The highest BCUT2D eigenvalue weighted by Crippen LogP contribution is 2.36. The van der Waals surface area contributed by atoms with Crippen LogP contribution in [0.3, 0.4) is 0 Å². The summed E-state index contributed by atoms with van der Waals surface area (Å²) in [6.45, 7) is 4.71. The molecule has 0 aliphatic carbocycles. The number of likely N-dealkylation sites (tertiary alicyclic amines) is 1. The number of hydrogen-bond donors (Lipinski definition) is 1. The molecular weight excluding hydrogens is 306 g/mol. The van der Waals surface area contributed by atoms with E-state index in [2.05, 4.69) is 10.5 Å². The molecule has 0 saturated carbocycles. The van der Waals surface area contributed by atoms with Crippen molar-refractivity contribution in [2.45, 2.75) is 39.2 Å². The van der Waals surface area contributed by atoms with Crippen LogP contribution in [0.5, 0.6) is 5.75 Å². The van der Waals surface area contributed by atoms with Crippen LogP contribution < -0.4 is 10.1 Å². The maximum Gasteiger partial charge on any atom is 0.322 e. The first-order chi connectivity index (χ1) is 11.6. The van der Waals surface area contributed by atoms with Gasteiger partial charge in [0.05, 0.1) is 18.8 Å². The zero-order valence-corrected chi connectivity index (χ0v) is 14.3. The van der Waals surface area contributed by atoms with Crippen molar-refractivity contribution >= 4 is 11.7 Å². The molecule has 1 atom stereocenters. The predicted octanol–water partition coefficient (Wildman–Crippen LogP) is 3.92. The number of aromatic nitrogens is 1. The van der Waals surface area contributed by atoms with Crippen LogP contribution in [0.2, 0.25) is 0 Å². The molecular formula is C18H23N3O3. The molecule has 3 rings (SSSR count). The van der Waals surface area contributed by atoms with Gasteiger partial charge in [0.2, 0.25) is 0 Å². The Labute approximate surface area is 141 Å². The van der Waals surface area contributed by atoms with Gasteiger partial charge in [-0.05, 0) is 31.9 Å². The van der Waals surface area contributed by atoms with Crippen molar-refractivity contribution in [1.29, 1.82) is 0 Å². The molecule has 1 aromatic carbocycles. The number of anilines is 1. The van der Waals surface area contributed by atoms with Crippen LogP contribution in [0, 0.1) is 6.92 Å². The van der Waals surface area contributed by atoms with E-state index in [-0.39, 0.29) is 12.1 Å². The normalized spacial score (nSPS) is 17.1. The number of rotatable bonds is 4. The van der Waals surface area contributed by atoms with Crippen molar-refractivity contribution < 1.29 is 14.1 Å². The molecule has 1 aliphatic heterocycles. The minimum absolute atomic E-state index is 0.0248. The van der Waals surface area contributed by atoms with Crippen molar-refractivity contribution in [3.05, 3.63) is 41.3 Å². The summed E-state index contributed by atoms with van der Waals surface area (Å²) in [5, 5.41) is 7.05. The Hall–Kier alpha value is -2.50. The Morgan fingerprint density at radius 3 is 3.08 bits per heavy atom. The van der Waals surface area contributed by atoms with Gasteiger partial charge < -0.3 is 19.5 Å². The number of nitrogens with zero attached hydrogens (tertiary/aromatic N) is 2. The van der Waals surface area contributed by atoms with E-state index in [0.29, 0.717) is 5.75 Å². The van der Waals surface area contributed by atoms with Gasteiger partial charge in [0.25, 0.3) is 0 Å². The van der Waals surface area contributed by atoms with Gasteiger partial charge in [-0.3, -0.25) is 0 Å². The lowest BCUT2D eigenvalue weighted by molar-refractivity contribution is 0.206. The Morgan fingerprint density at radius 1 is 1.50 bits per heavy atom. The number of urea groups is 1. The monoisotopic (exact) mass is 329 g/mol. The molecule has 2 aromatic rings. The Bertz CT molecular complexity index is 726. The second-order valence-corrected chi connectivity index (χ2v) is 5.97. The molecule has 1 fully saturated rings. The number of aryl methyl sites for hydroxylation is 2. The Kier molecular flexibility index (Phi) is 4.74. The summed E-state index contributed by atoms with van der Waals surface area (Å²) in [5.74, 6) is 1.59. The zero-order valence-electron chi connectivity index (χ0n) is 14.3. The van der Waals surface area contributed by atoms with Gasteiger partial charge in [-0.15, -0.1) is 0 Å². The maximum atomic E-state index is 12.8. The summed E-state index contributed by atoms with van der Waals surface area (Å²) in [6, 6.07) is 7.29. The van der Waals surface area contributed by atoms with Crippen LogP contribution in [0.4, 0.5) is 10.5 Å². The molecule has 2 heterocycles. The standard InChI is InChI=1S/C18H23N3O3/c1-4-16-17(12(2)20-24-16)15-9-6-10-21(15)18(22)19-13-7-5-8-14(11-13)23-3/h5,7-8,11,15H,4,6,9-10H2,1-3H3,(H,19,22)/t15-/m1/s1. The average Bonchev–Trinajstić information content (AvgIpc) is 3.20. The molecule has 1 N–H and O–H groups in total. The van der Waals surface area contributed by atoms with E-state index in [0.717, 1.165) is 48.5 Å². The molecule has 24 heavy (non-hydrogen) atoms. The van der Waals surface area contributed by atoms with Gasteiger partial charge in [-0.1, -0.05) is 18.1 Å². The van der Waals surface area contributed by atoms with E-state index in [4.69, 9.17) is 9.26 Å². The fraction of sp³-hybridized carbons (Fsp3) is 0.444. The second-order valence-electron chi connectivity index (χ2n) is 5.97. The number of nitrogens with one attached hydrogen (secondary N) is 1. The summed E-state index contributed by atoms with van der Waals surface area (Å²) in [4.78, 5) is 14.6. The third-order valence-corrected chi connectivity index (χ3v) is 4.47. The third kappa shape index (κ3) is 3.09. The summed E-state index contributed by atoms with van der Waals surface area (Å²) in [5.41, 5.74) is 2.66. The summed E-state index contributed by atoms with van der Waals surface area (Å²) in [7, 11) is 1.61. The highest BCUT2D eigenvalue weighted by molar-refractivity contribution is 5.90. The quantitative estimate of drug-likeness (QED) is 0.923. The van der Waals surface area contributed by atoms with Crippen molar-refractivity contribution in [3.63, 3.8) is 0 Å².